The molecule has 0 spiro atoms. The molecule has 3 heteroatoms. The molecule has 0 bridgehead atoms. The van der Waals surface area contributed by atoms with E-state index in [9.17, 15) is 4.39 Å². The van der Waals surface area contributed by atoms with Gasteiger partial charge in [0.15, 0.2) is 0 Å². The van der Waals surface area contributed by atoms with Crippen molar-refractivity contribution in [3.8, 4) is 0 Å². The molecule has 0 fully saturated rings. The topological polar surface area (TPSA) is 24.9 Å². The smallest absolute Gasteiger partial charge is 0.126 e. The van der Waals surface area contributed by atoms with Crippen molar-refractivity contribution < 1.29 is 4.39 Å². The monoisotopic (exact) mass is 286 g/mol. The quantitative estimate of drug-likeness (QED) is 0.842. The summed E-state index contributed by atoms with van der Waals surface area (Å²) < 4.78 is 13.8. The van der Waals surface area contributed by atoms with Crippen LogP contribution in [0.2, 0.25) is 0 Å². The van der Waals surface area contributed by atoms with Gasteiger partial charge in [0.05, 0.1) is 0 Å². The van der Waals surface area contributed by atoms with E-state index in [1.54, 1.807) is 6.07 Å². The third kappa shape index (κ3) is 4.64. The molecule has 0 aliphatic rings. The van der Waals surface area contributed by atoms with E-state index in [4.69, 9.17) is 0 Å². The number of hydrogen-bond donors (Lipinski definition) is 1. The van der Waals surface area contributed by atoms with Gasteiger partial charge in [0.2, 0.25) is 0 Å². The normalized spacial score (nSPS) is 12.3. The molecule has 0 aliphatic carbocycles. The van der Waals surface area contributed by atoms with E-state index in [0.29, 0.717) is 6.42 Å². The van der Waals surface area contributed by atoms with Crippen molar-refractivity contribution >= 4 is 0 Å². The Balaban J connectivity index is 2.06. The summed E-state index contributed by atoms with van der Waals surface area (Å²) >= 11 is 0. The Bertz CT molecular complexity index is 551. The summed E-state index contributed by atoms with van der Waals surface area (Å²) in [5.41, 5.74) is 3.05. The van der Waals surface area contributed by atoms with Gasteiger partial charge in [0.25, 0.3) is 0 Å². The first-order valence-corrected chi connectivity index (χ1v) is 7.63. The third-order valence-electron chi connectivity index (χ3n) is 3.67. The van der Waals surface area contributed by atoms with Crippen LogP contribution in [0.5, 0.6) is 0 Å². The van der Waals surface area contributed by atoms with E-state index in [2.05, 4.69) is 36.3 Å². The fraction of sp³-hybridized carbons (Fsp3) is 0.389. The molecule has 112 valence electrons. The van der Waals surface area contributed by atoms with E-state index in [1.165, 1.54) is 11.6 Å². The molecule has 2 rings (SSSR count). The van der Waals surface area contributed by atoms with Crippen LogP contribution in [0, 0.1) is 5.82 Å². The molecule has 21 heavy (non-hydrogen) atoms. The van der Waals surface area contributed by atoms with Gasteiger partial charge in [0, 0.05) is 24.4 Å². The van der Waals surface area contributed by atoms with Crippen LogP contribution in [0.25, 0.3) is 0 Å². The summed E-state index contributed by atoms with van der Waals surface area (Å²) in [6.07, 6.45) is 4.42. The van der Waals surface area contributed by atoms with Crippen molar-refractivity contribution in [2.75, 3.05) is 6.54 Å². The molecule has 0 aliphatic heterocycles. The Morgan fingerprint density at radius 3 is 2.52 bits per heavy atom. The first-order chi connectivity index (χ1) is 10.2. The lowest BCUT2D eigenvalue weighted by atomic mass is 10.0. The van der Waals surface area contributed by atoms with Gasteiger partial charge >= 0.3 is 0 Å². The third-order valence-corrected chi connectivity index (χ3v) is 3.67. The van der Waals surface area contributed by atoms with Gasteiger partial charge in [-0.05, 0) is 42.6 Å². The second-order valence-corrected chi connectivity index (χ2v) is 5.27. The van der Waals surface area contributed by atoms with Crippen LogP contribution >= 0.6 is 0 Å². The van der Waals surface area contributed by atoms with Crippen LogP contribution in [0.1, 0.15) is 30.7 Å². The maximum absolute atomic E-state index is 13.8. The minimum Gasteiger partial charge on any atom is -0.314 e. The van der Waals surface area contributed by atoms with Gasteiger partial charge in [-0.3, -0.25) is 4.98 Å². The second kappa shape index (κ2) is 7.89. The lowest BCUT2D eigenvalue weighted by Crippen LogP contribution is -2.33. The Morgan fingerprint density at radius 1 is 1.10 bits per heavy atom. The number of nitrogens with zero attached hydrogens (tertiary/aromatic N) is 1. The molecular formula is C18H23FN2. The van der Waals surface area contributed by atoms with Gasteiger partial charge in [-0.25, -0.2) is 4.39 Å². The molecule has 1 aromatic heterocycles. The lowest BCUT2D eigenvalue weighted by Gasteiger charge is -2.18. The molecule has 0 amide bonds. The number of aryl methyl sites for hydroxylation is 1. The maximum atomic E-state index is 13.8. The van der Waals surface area contributed by atoms with Crippen molar-refractivity contribution in [2.45, 2.75) is 39.2 Å². The van der Waals surface area contributed by atoms with Crippen molar-refractivity contribution in [1.82, 2.24) is 10.3 Å². The van der Waals surface area contributed by atoms with Crippen molar-refractivity contribution in [3.05, 3.63) is 65.2 Å². The molecule has 0 saturated carbocycles. The van der Waals surface area contributed by atoms with Crippen LogP contribution in [-0.4, -0.2) is 17.6 Å². The highest BCUT2D eigenvalue weighted by molar-refractivity contribution is 5.20. The molecule has 1 aromatic carbocycles. The number of benzene rings is 1. The van der Waals surface area contributed by atoms with Crippen LogP contribution < -0.4 is 5.32 Å². The van der Waals surface area contributed by atoms with Gasteiger partial charge in [-0.2, -0.15) is 0 Å². The Kier molecular flexibility index (Phi) is 5.88. The summed E-state index contributed by atoms with van der Waals surface area (Å²) in [6.45, 7) is 5.06. The molecule has 1 N–H and O–H groups in total. The van der Waals surface area contributed by atoms with Crippen LogP contribution in [-0.2, 0) is 19.3 Å². The Labute approximate surface area is 126 Å². The van der Waals surface area contributed by atoms with Crippen molar-refractivity contribution in [2.24, 2.45) is 0 Å². The highest BCUT2D eigenvalue weighted by Gasteiger charge is 2.12. The molecule has 1 heterocycles. The number of pyridine rings is 1. The molecule has 0 radical (unpaired) electrons. The molecule has 2 nitrogen and oxygen atoms in total. The van der Waals surface area contributed by atoms with E-state index < -0.39 is 0 Å². The average Bonchev–Trinajstić information content (AvgIpc) is 2.50. The van der Waals surface area contributed by atoms with E-state index in [1.807, 2.05) is 18.3 Å². The Hall–Kier alpha value is -1.74. The van der Waals surface area contributed by atoms with Crippen molar-refractivity contribution in [1.29, 1.82) is 0 Å². The maximum Gasteiger partial charge on any atom is 0.126 e. The van der Waals surface area contributed by atoms with E-state index in [0.717, 1.165) is 30.6 Å². The zero-order valence-electron chi connectivity index (χ0n) is 12.8. The number of aromatic nitrogens is 1. The highest BCUT2D eigenvalue weighted by Crippen LogP contribution is 2.12. The van der Waals surface area contributed by atoms with Gasteiger partial charge < -0.3 is 5.32 Å². The Morgan fingerprint density at radius 2 is 1.90 bits per heavy atom. The fourth-order valence-electron chi connectivity index (χ4n) is 2.47. The van der Waals surface area contributed by atoms with Crippen molar-refractivity contribution in [3.63, 3.8) is 0 Å². The van der Waals surface area contributed by atoms with Gasteiger partial charge in [-0.15, -0.1) is 0 Å². The molecule has 0 saturated heterocycles. The first-order valence-electron chi connectivity index (χ1n) is 7.63. The first kappa shape index (κ1) is 15.6. The zero-order valence-corrected chi connectivity index (χ0v) is 12.8. The lowest BCUT2D eigenvalue weighted by molar-refractivity contribution is 0.501. The van der Waals surface area contributed by atoms with Gasteiger partial charge in [-0.1, -0.05) is 38.1 Å². The molecule has 1 atom stereocenters. The zero-order chi connectivity index (χ0) is 15.1. The summed E-state index contributed by atoms with van der Waals surface area (Å²) in [6, 6.07) is 11.4. The fourth-order valence-corrected chi connectivity index (χ4v) is 2.47. The molecular weight excluding hydrogens is 263 g/mol. The van der Waals surface area contributed by atoms with E-state index >= 15 is 0 Å². The SMILES string of the molecule is CCNC(Cc1ccc(CC)cn1)Cc1ccccc1F. The highest BCUT2D eigenvalue weighted by atomic mass is 19.1. The summed E-state index contributed by atoms with van der Waals surface area (Å²) in [5.74, 6) is -0.130. The number of nitrogens with one attached hydrogen (secondary N) is 1. The van der Waals surface area contributed by atoms with Crippen LogP contribution in [0.4, 0.5) is 4.39 Å². The summed E-state index contributed by atoms with van der Waals surface area (Å²) in [7, 11) is 0. The minimum absolute atomic E-state index is 0.130. The minimum atomic E-state index is -0.130. The number of likely N-dealkylation sites (N-methyl/N-ethyl adjacent to an activating group) is 1. The summed E-state index contributed by atoms with van der Waals surface area (Å²) in [4.78, 5) is 4.50. The van der Waals surface area contributed by atoms with Gasteiger partial charge in [0.1, 0.15) is 5.82 Å². The standard InChI is InChI=1S/C18H23FN2/c1-3-14-9-10-16(21-13-14)12-17(20-4-2)11-15-7-5-6-8-18(15)19/h5-10,13,17,20H,3-4,11-12H2,1-2H3. The number of halogens is 1. The number of hydrogen-bond acceptors (Lipinski definition) is 2. The summed E-state index contributed by atoms with van der Waals surface area (Å²) in [5, 5.41) is 3.43. The van der Waals surface area contributed by atoms with Crippen LogP contribution in [0.3, 0.4) is 0 Å². The van der Waals surface area contributed by atoms with E-state index in [-0.39, 0.29) is 11.9 Å². The second-order valence-electron chi connectivity index (χ2n) is 5.27. The molecule has 2 aromatic rings. The van der Waals surface area contributed by atoms with Crippen LogP contribution in [0.15, 0.2) is 42.6 Å². The molecule has 1 unspecified atom stereocenters. The number of rotatable bonds is 7. The largest absolute Gasteiger partial charge is 0.314 e. The average molecular weight is 286 g/mol. The predicted molar refractivity (Wildman–Crippen MR) is 84.9 cm³/mol. The predicted octanol–water partition coefficient (Wildman–Crippen LogP) is 3.55.